The Morgan fingerprint density at radius 1 is 1.47 bits per heavy atom. The van der Waals surface area contributed by atoms with E-state index in [2.05, 4.69) is 0 Å². The summed E-state index contributed by atoms with van der Waals surface area (Å²) in [4.78, 5) is 0. The molecule has 0 amide bonds. The van der Waals surface area contributed by atoms with Gasteiger partial charge in [0, 0.05) is 24.6 Å². The summed E-state index contributed by atoms with van der Waals surface area (Å²) in [6.45, 7) is 4.63. The molecule has 1 aromatic carbocycles. The number of aliphatic hydroxyl groups is 1. The lowest BCUT2D eigenvalue weighted by Gasteiger charge is -2.14. The predicted molar refractivity (Wildman–Crippen MR) is 61.0 cm³/mol. The summed E-state index contributed by atoms with van der Waals surface area (Å²) in [6.07, 6.45) is 0.645. The third kappa shape index (κ3) is 3.53. The second kappa shape index (κ2) is 5.73. The van der Waals surface area contributed by atoms with Crippen LogP contribution in [0.2, 0.25) is 0 Å². The Labute approximate surface area is 90.9 Å². The van der Waals surface area contributed by atoms with E-state index in [1.54, 1.807) is 0 Å². The lowest BCUT2D eigenvalue weighted by Crippen LogP contribution is -2.09. The van der Waals surface area contributed by atoms with Crippen LogP contribution in [-0.4, -0.2) is 18.3 Å². The molecule has 1 rings (SSSR count). The summed E-state index contributed by atoms with van der Waals surface area (Å²) in [5.41, 5.74) is 8.00. The fraction of sp³-hybridized carbons (Fsp3) is 0.500. The van der Waals surface area contributed by atoms with Crippen LogP contribution in [0.15, 0.2) is 18.2 Å². The van der Waals surface area contributed by atoms with Crippen molar-refractivity contribution in [1.29, 1.82) is 0 Å². The Hall–Kier alpha value is -1.06. The quantitative estimate of drug-likeness (QED) is 0.727. The number of nitrogens with two attached hydrogens (primary N) is 1. The standard InChI is InChI=1S/C12H19NO2/c1-9-4-5-11(10(2)13)12(8-9)15-7-3-6-14/h4-5,8,10,14H,3,6-7,13H2,1-2H3. The van der Waals surface area contributed by atoms with E-state index in [1.165, 1.54) is 0 Å². The average Bonchev–Trinajstić information content (AvgIpc) is 2.18. The van der Waals surface area contributed by atoms with Gasteiger partial charge in [0.25, 0.3) is 0 Å². The number of aryl methyl sites for hydroxylation is 1. The normalized spacial score (nSPS) is 12.5. The van der Waals surface area contributed by atoms with Gasteiger partial charge < -0.3 is 15.6 Å². The Morgan fingerprint density at radius 2 is 2.20 bits per heavy atom. The van der Waals surface area contributed by atoms with Gasteiger partial charge in [-0.25, -0.2) is 0 Å². The second-order valence-corrected chi connectivity index (χ2v) is 3.76. The first kappa shape index (κ1) is 12.0. The zero-order valence-corrected chi connectivity index (χ0v) is 9.36. The maximum absolute atomic E-state index is 8.67. The number of ether oxygens (including phenoxy) is 1. The summed E-state index contributed by atoms with van der Waals surface area (Å²) in [7, 11) is 0. The van der Waals surface area contributed by atoms with Gasteiger partial charge in [-0.2, -0.15) is 0 Å². The number of rotatable bonds is 5. The molecule has 0 aromatic heterocycles. The van der Waals surface area contributed by atoms with Crippen LogP contribution in [0.5, 0.6) is 5.75 Å². The monoisotopic (exact) mass is 209 g/mol. The Kier molecular flexibility index (Phi) is 4.59. The molecule has 0 heterocycles. The molecule has 3 heteroatoms. The van der Waals surface area contributed by atoms with Gasteiger partial charge >= 0.3 is 0 Å². The predicted octanol–water partition coefficient (Wildman–Crippen LogP) is 1.78. The fourth-order valence-electron chi connectivity index (χ4n) is 1.39. The molecule has 0 aliphatic carbocycles. The summed E-state index contributed by atoms with van der Waals surface area (Å²) >= 11 is 0. The highest BCUT2D eigenvalue weighted by Gasteiger charge is 2.07. The van der Waals surface area contributed by atoms with Crippen LogP contribution in [0.4, 0.5) is 0 Å². The lowest BCUT2D eigenvalue weighted by atomic mass is 10.1. The highest BCUT2D eigenvalue weighted by atomic mass is 16.5. The van der Waals surface area contributed by atoms with Gasteiger partial charge in [-0.1, -0.05) is 12.1 Å². The zero-order valence-electron chi connectivity index (χ0n) is 9.36. The molecule has 0 radical (unpaired) electrons. The zero-order chi connectivity index (χ0) is 11.3. The maximum Gasteiger partial charge on any atom is 0.124 e. The molecule has 1 atom stereocenters. The molecular formula is C12H19NO2. The molecule has 3 nitrogen and oxygen atoms in total. The molecule has 0 saturated carbocycles. The molecule has 0 fully saturated rings. The first-order valence-corrected chi connectivity index (χ1v) is 5.25. The highest BCUT2D eigenvalue weighted by molar-refractivity contribution is 5.38. The van der Waals surface area contributed by atoms with Gasteiger partial charge in [0.2, 0.25) is 0 Å². The van der Waals surface area contributed by atoms with Crippen LogP contribution < -0.4 is 10.5 Å². The van der Waals surface area contributed by atoms with E-state index in [4.69, 9.17) is 15.6 Å². The third-order valence-electron chi connectivity index (χ3n) is 2.22. The number of hydrogen-bond acceptors (Lipinski definition) is 3. The van der Waals surface area contributed by atoms with Crippen LogP contribution in [0.3, 0.4) is 0 Å². The minimum absolute atomic E-state index is 0.0327. The van der Waals surface area contributed by atoms with Gasteiger partial charge in [-0.15, -0.1) is 0 Å². The van der Waals surface area contributed by atoms with Gasteiger partial charge in [0.15, 0.2) is 0 Å². The van der Waals surface area contributed by atoms with Gasteiger partial charge in [-0.3, -0.25) is 0 Å². The molecule has 0 spiro atoms. The van der Waals surface area contributed by atoms with E-state index in [-0.39, 0.29) is 12.6 Å². The van der Waals surface area contributed by atoms with Crippen LogP contribution in [0.25, 0.3) is 0 Å². The molecule has 3 N–H and O–H groups in total. The fourth-order valence-corrected chi connectivity index (χ4v) is 1.39. The van der Waals surface area contributed by atoms with Crippen molar-refractivity contribution < 1.29 is 9.84 Å². The van der Waals surface area contributed by atoms with E-state index in [9.17, 15) is 0 Å². The Morgan fingerprint density at radius 3 is 2.80 bits per heavy atom. The largest absolute Gasteiger partial charge is 0.493 e. The first-order chi connectivity index (χ1) is 7.15. The molecular weight excluding hydrogens is 190 g/mol. The van der Waals surface area contributed by atoms with E-state index < -0.39 is 0 Å². The van der Waals surface area contributed by atoms with Gasteiger partial charge in [0.1, 0.15) is 5.75 Å². The van der Waals surface area contributed by atoms with Crippen molar-refractivity contribution in [1.82, 2.24) is 0 Å². The second-order valence-electron chi connectivity index (χ2n) is 3.76. The molecule has 0 bridgehead atoms. The molecule has 84 valence electrons. The van der Waals surface area contributed by atoms with Crippen LogP contribution in [0.1, 0.15) is 30.5 Å². The molecule has 15 heavy (non-hydrogen) atoms. The van der Waals surface area contributed by atoms with Crippen LogP contribution in [-0.2, 0) is 0 Å². The van der Waals surface area contributed by atoms with Crippen molar-refractivity contribution in [2.75, 3.05) is 13.2 Å². The average molecular weight is 209 g/mol. The smallest absolute Gasteiger partial charge is 0.124 e. The van der Waals surface area contributed by atoms with Gasteiger partial charge in [-0.05, 0) is 25.5 Å². The van der Waals surface area contributed by atoms with Crippen molar-refractivity contribution in [2.45, 2.75) is 26.3 Å². The van der Waals surface area contributed by atoms with E-state index in [0.717, 1.165) is 16.9 Å². The van der Waals surface area contributed by atoms with E-state index in [1.807, 2.05) is 32.0 Å². The summed E-state index contributed by atoms with van der Waals surface area (Å²) in [6, 6.07) is 5.97. The SMILES string of the molecule is Cc1ccc(C(C)N)c(OCCCO)c1. The lowest BCUT2D eigenvalue weighted by molar-refractivity contribution is 0.232. The van der Waals surface area contributed by atoms with Gasteiger partial charge in [0.05, 0.1) is 6.61 Å². The third-order valence-corrected chi connectivity index (χ3v) is 2.22. The van der Waals surface area contributed by atoms with Crippen molar-refractivity contribution in [2.24, 2.45) is 5.73 Å². The summed E-state index contributed by atoms with van der Waals surface area (Å²) < 4.78 is 5.58. The van der Waals surface area contributed by atoms with Crippen molar-refractivity contribution in [3.05, 3.63) is 29.3 Å². The molecule has 0 aliphatic heterocycles. The van der Waals surface area contributed by atoms with E-state index >= 15 is 0 Å². The minimum Gasteiger partial charge on any atom is -0.493 e. The first-order valence-electron chi connectivity index (χ1n) is 5.25. The molecule has 0 aliphatic rings. The number of benzene rings is 1. The van der Waals surface area contributed by atoms with Crippen molar-refractivity contribution >= 4 is 0 Å². The van der Waals surface area contributed by atoms with Crippen LogP contribution in [0, 0.1) is 6.92 Å². The number of hydrogen-bond donors (Lipinski definition) is 2. The Balaban J connectivity index is 2.77. The number of aliphatic hydroxyl groups excluding tert-OH is 1. The topological polar surface area (TPSA) is 55.5 Å². The summed E-state index contributed by atoms with van der Waals surface area (Å²) in [5.74, 6) is 0.832. The maximum atomic E-state index is 8.67. The van der Waals surface area contributed by atoms with E-state index in [0.29, 0.717) is 13.0 Å². The van der Waals surface area contributed by atoms with Crippen molar-refractivity contribution in [3.8, 4) is 5.75 Å². The minimum atomic E-state index is -0.0327. The summed E-state index contributed by atoms with van der Waals surface area (Å²) in [5, 5.41) is 8.67. The molecule has 1 unspecified atom stereocenters. The molecule has 0 saturated heterocycles. The highest BCUT2D eigenvalue weighted by Crippen LogP contribution is 2.25. The Bertz CT molecular complexity index is 310. The van der Waals surface area contributed by atoms with Crippen LogP contribution >= 0.6 is 0 Å². The van der Waals surface area contributed by atoms with Crippen molar-refractivity contribution in [3.63, 3.8) is 0 Å². The molecule has 1 aromatic rings.